The predicted octanol–water partition coefficient (Wildman–Crippen LogP) is 3.79. The van der Waals surface area contributed by atoms with Crippen LogP contribution in [0.1, 0.15) is 36.8 Å². The molecule has 1 fully saturated rings. The van der Waals surface area contributed by atoms with Gasteiger partial charge in [-0.1, -0.05) is 11.2 Å². The fourth-order valence-electron chi connectivity index (χ4n) is 4.58. The van der Waals surface area contributed by atoms with E-state index in [0.717, 1.165) is 30.5 Å². The van der Waals surface area contributed by atoms with Crippen molar-refractivity contribution in [3.8, 4) is 11.5 Å². The van der Waals surface area contributed by atoms with Crippen LogP contribution in [0, 0.1) is 11.7 Å². The van der Waals surface area contributed by atoms with E-state index in [-0.39, 0.29) is 35.8 Å². The average Bonchev–Trinajstić information content (AvgIpc) is 3.32. The van der Waals surface area contributed by atoms with Gasteiger partial charge < -0.3 is 4.42 Å². The van der Waals surface area contributed by atoms with Gasteiger partial charge in [0.25, 0.3) is 0 Å². The lowest BCUT2D eigenvalue weighted by molar-refractivity contribution is -0.121. The predicted molar refractivity (Wildman–Crippen MR) is 123 cm³/mol. The highest BCUT2D eigenvalue weighted by molar-refractivity contribution is 7.89. The summed E-state index contributed by atoms with van der Waals surface area (Å²) in [5, 5.41) is 10.7. The first-order chi connectivity index (χ1) is 16.4. The Morgan fingerprint density at radius 1 is 1.00 bits per heavy atom. The van der Waals surface area contributed by atoms with E-state index in [2.05, 4.69) is 27.6 Å². The molecule has 5 rings (SSSR count). The van der Waals surface area contributed by atoms with E-state index >= 15 is 0 Å². The van der Waals surface area contributed by atoms with Crippen molar-refractivity contribution in [3.05, 3.63) is 59.4 Å². The second-order valence-corrected chi connectivity index (χ2v) is 10.7. The maximum Gasteiger partial charge on any atom is 0.322 e. The van der Waals surface area contributed by atoms with Gasteiger partial charge in [-0.3, -0.25) is 10.1 Å². The Balaban J connectivity index is 1.19. The van der Waals surface area contributed by atoms with E-state index in [1.165, 1.54) is 40.4 Å². The Bertz CT molecular complexity index is 1300. The lowest BCUT2D eigenvalue weighted by Crippen LogP contribution is -2.41. The number of piperidine rings is 1. The number of carbonyl (C=O) groups is 1. The highest BCUT2D eigenvalue weighted by Gasteiger charge is 2.32. The third kappa shape index (κ3) is 4.60. The van der Waals surface area contributed by atoms with Crippen LogP contribution in [0.4, 0.5) is 10.4 Å². The number of rotatable bonds is 5. The van der Waals surface area contributed by atoms with Gasteiger partial charge >= 0.3 is 6.01 Å². The number of fused-ring (bicyclic) bond motifs is 1. The highest BCUT2D eigenvalue weighted by Crippen LogP contribution is 2.28. The number of hydrogen-bond donors (Lipinski definition) is 1. The van der Waals surface area contributed by atoms with Crippen LogP contribution in [0.15, 0.2) is 51.8 Å². The van der Waals surface area contributed by atoms with Crippen LogP contribution in [0.2, 0.25) is 0 Å². The molecule has 0 saturated carbocycles. The second-order valence-electron chi connectivity index (χ2n) is 8.72. The lowest BCUT2D eigenvalue weighted by Gasteiger charge is -2.30. The van der Waals surface area contributed by atoms with Crippen LogP contribution < -0.4 is 5.32 Å². The van der Waals surface area contributed by atoms with E-state index in [1.807, 2.05) is 6.07 Å². The van der Waals surface area contributed by atoms with Crippen molar-refractivity contribution < 1.29 is 22.0 Å². The van der Waals surface area contributed by atoms with E-state index in [1.54, 1.807) is 0 Å². The van der Waals surface area contributed by atoms with Crippen LogP contribution in [-0.4, -0.2) is 41.9 Å². The van der Waals surface area contributed by atoms with Gasteiger partial charge in [0.15, 0.2) is 0 Å². The topological polar surface area (TPSA) is 105 Å². The Kier molecular flexibility index (Phi) is 6.18. The minimum absolute atomic E-state index is 0.0269. The molecule has 1 saturated heterocycles. The van der Waals surface area contributed by atoms with Gasteiger partial charge in [-0.2, -0.15) is 4.31 Å². The van der Waals surface area contributed by atoms with E-state index < -0.39 is 15.8 Å². The second kappa shape index (κ2) is 9.27. The van der Waals surface area contributed by atoms with Crippen LogP contribution in [0.3, 0.4) is 0 Å². The van der Waals surface area contributed by atoms with Gasteiger partial charge in [-0.15, -0.1) is 5.10 Å². The zero-order valence-corrected chi connectivity index (χ0v) is 19.4. The minimum atomic E-state index is -3.73. The van der Waals surface area contributed by atoms with Crippen molar-refractivity contribution in [1.29, 1.82) is 0 Å². The molecular weight excluding hydrogens is 459 g/mol. The number of halogens is 1. The molecule has 10 heteroatoms. The summed E-state index contributed by atoms with van der Waals surface area (Å²) in [6, 6.07) is 10.9. The summed E-state index contributed by atoms with van der Waals surface area (Å²) < 4.78 is 45.7. The number of aromatic nitrogens is 2. The Labute approximate surface area is 197 Å². The molecule has 178 valence electrons. The molecule has 0 atom stereocenters. The zero-order valence-electron chi connectivity index (χ0n) is 18.5. The van der Waals surface area contributed by atoms with Crippen molar-refractivity contribution in [1.82, 2.24) is 14.5 Å². The van der Waals surface area contributed by atoms with Crippen molar-refractivity contribution in [2.45, 2.75) is 43.4 Å². The first-order valence-corrected chi connectivity index (χ1v) is 12.9. The van der Waals surface area contributed by atoms with Gasteiger partial charge in [0.2, 0.25) is 21.8 Å². The maximum atomic E-state index is 13.1. The maximum absolute atomic E-state index is 13.1. The number of aryl methyl sites for hydroxylation is 2. The third-order valence-electron chi connectivity index (χ3n) is 6.53. The molecule has 0 bridgehead atoms. The normalized spacial score (nSPS) is 17.3. The molecule has 1 N–H and O–H groups in total. The van der Waals surface area contributed by atoms with Gasteiger partial charge in [0.05, 0.1) is 4.90 Å². The summed E-state index contributed by atoms with van der Waals surface area (Å²) in [6.45, 7) is 0.393. The standard InChI is InChI=1S/C24H25FN4O4S/c25-20-7-9-21(10-8-20)34(31,32)29-13-11-17(12-14-29)22(30)26-24-28-27-23(33-24)19-6-5-16-3-1-2-4-18(16)15-19/h5-10,15,17H,1-4,11-14H2,(H,26,28,30). The summed E-state index contributed by atoms with van der Waals surface area (Å²) in [6.07, 6.45) is 5.23. The summed E-state index contributed by atoms with van der Waals surface area (Å²) in [7, 11) is -3.73. The van der Waals surface area contributed by atoms with Crippen LogP contribution in [0.25, 0.3) is 11.5 Å². The molecule has 1 aromatic heterocycles. The number of nitrogens with zero attached hydrogens (tertiary/aromatic N) is 3. The molecule has 8 nitrogen and oxygen atoms in total. The molecule has 0 spiro atoms. The molecule has 0 radical (unpaired) electrons. The molecular formula is C24H25FN4O4S. The molecule has 3 aromatic rings. The van der Waals surface area contributed by atoms with Crippen LogP contribution >= 0.6 is 0 Å². The van der Waals surface area contributed by atoms with E-state index in [9.17, 15) is 17.6 Å². The highest BCUT2D eigenvalue weighted by atomic mass is 32.2. The van der Waals surface area contributed by atoms with Crippen LogP contribution in [0.5, 0.6) is 0 Å². The van der Waals surface area contributed by atoms with Crippen molar-refractivity contribution >= 4 is 21.9 Å². The van der Waals surface area contributed by atoms with Crippen molar-refractivity contribution in [3.63, 3.8) is 0 Å². The first kappa shape index (κ1) is 22.7. The SMILES string of the molecule is O=C(Nc1nnc(-c2ccc3c(c2)CCCC3)o1)C1CCN(S(=O)(=O)c2ccc(F)cc2)CC1. The summed E-state index contributed by atoms with van der Waals surface area (Å²) in [5.74, 6) is -0.799. The molecule has 34 heavy (non-hydrogen) atoms. The number of carbonyl (C=O) groups excluding carboxylic acids is 1. The smallest absolute Gasteiger partial charge is 0.322 e. The Morgan fingerprint density at radius 3 is 2.44 bits per heavy atom. The number of amides is 1. The van der Waals surface area contributed by atoms with Crippen molar-refractivity contribution in [2.75, 3.05) is 18.4 Å². The quantitative estimate of drug-likeness (QED) is 0.591. The fourth-order valence-corrected chi connectivity index (χ4v) is 6.05. The monoisotopic (exact) mass is 484 g/mol. The molecule has 1 aliphatic heterocycles. The zero-order chi connectivity index (χ0) is 23.7. The molecule has 2 aromatic carbocycles. The summed E-state index contributed by atoms with van der Waals surface area (Å²) in [4.78, 5) is 12.8. The van der Waals surface area contributed by atoms with E-state index in [4.69, 9.17) is 4.42 Å². The summed E-state index contributed by atoms with van der Waals surface area (Å²) in [5.41, 5.74) is 3.48. The number of hydrogen-bond acceptors (Lipinski definition) is 6. The minimum Gasteiger partial charge on any atom is -0.403 e. The average molecular weight is 485 g/mol. The van der Waals surface area contributed by atoms with Gasteiger partial charge in [-0.25, -0.2) is 12.8 Å². The molecule has 1 amide bonds. The summed E-state index contributed by atoms with van der Waals surface area (Å²) >= 11 is 0. The van der Waals surface area contributed by atoms with Gasteiger partial charge in [0.1, 0.15) is 5.82 Å². The lowest BCUT2D eigenvalue weighted by atomic mass is 9.90. The molecule has 0 unspecified atom stereocenters. The first-order valence-electron chi connectivity index (χ1n) is 11.4. The number of anilines is 1. The number of sulfonamides is 1. The largest absolute Gasteiger partial charge is 0.403 e. The number of nitrogens with one attached hydrogen (secondary N) is 1. The Morgan fingerprint density at radius 2 is 1.71 bits per heavy atom. The van der Waals surface area contributed by atoms with Crippen LogP contribution in [-0.2, 0) is 27.7 Å². The van der Waals surface area contributed by atoms with E-state index in [0.29, 0.717) is 18.7 Å². The number of benzene rings is 2. The Hall–Kier alpha value is -3.11. The molecule has 1 aliphatic carbocycles. The molecule has 2 aliphatic rings. The molecule has 2 heterocycles. The van der Waals surface area contributed by atoms with Gasteiger partial charge in [-0.05, 0) is 86.1 Å². The fraction of sp³-hybridized carbons (Fsp3) is 0.375. The van der Waals surface area contributed by atoms with Gasteiger partial charge in [0, 0.05) is 24.6 Å². The van der Waals surface area contributed by atoms with Crippen molar-refractivity contribution in [2.24, 2.45) is 5.92 Å². The third-order valence-corrected chi connectivity index (χ3v) is 8.44.